The van der Waals surface area contributed by atoms with Crippen LogP contribution in [0.2, 0.25) is 0 Å². The molecule has 134 valence electrons. The highest BCUT2D eigenvalue weighted by atomic mass is 16.6. The van der Waals surface area contributed by atoms with Crippen LogP contribution in [-0.4, -0.2) is 24.1 Å². The molecule has 0 amide bonds. The van der Waals surface area contributed by atoms with E-state index in [0.717, 1.165) is 0 Å². The third-order valence-electron chi connectivity index (χ3n) is 3.11. The van der Waals surface area contributed by atoms with Gasteiger partial charge in [-0.1, -0.05) is 6.58 Å². The molecule has 2 rings (SSSR count). The molecule has 8 nitrogen and oxygen atoms in total. The van der Waals surface area contributed by atoms with Gasteiger partial charge in [0.25, 0.3) is 5.69 Å². The largest absolute Gasteiger partial charge is 0.490 e. The summed E-state index contributed by atoms with van der Waals surface area (Å²) in [6, 6.07) is 12.6. The zero-order valence-corrected chi connectivity index (χ0v) is 14.1. The van der Waals surface area contributed by atoms with E-state index in [0.29, 0.717) is 22.7 Å². The van der Waals surface area contributed by atoms with Crippen molar-refractivity contribution in [2.45, 2.75) is 6.92 Å². The molecule has 0 aromatic heterocycles. The maximum absolute atomic E-state index is 11.2. The molecule has 2 aromatic carbocycles. The highest BCUT2D eigenvalue weighted by Gasteiger charge is 2.04. The number of esters is 1. The average Bonchev–Trinajstić information content (AvgIpc) is 2.64. The lowest BCUT2D eigenvalue weighted by atomic mass is 10.3. The molecule has 0 saturated carbocycles. The van der Waals surface area contributed by atoms with Gasteiger partial charge in [0, 0.05) is 17.7 Å². The molecule has 0 aliphatic rings. The number of nitrogens with zero attached hydrogens (tertiary/aromatic N) is 3. The molecule has 0 aliphatic heterocycles. The van der Waals surface area contributed by atoms with E-state index in [-0.39, 0.29) is 18.9 Å². The maximum Gasteiger partial charge on any atom is 0.333 e. The molecule has 8 heteroatoms. The highest BCUT2D eigenvalue weighted by Crippen LogP contribution is 2.22. The second kappa shape index (κ2) is 9.07. The molecule has 0 radical (unpaired) electrons. The average molecular weight is 355 g/mol. The third kappa shape index (κ3) is 5.82. The summed E-state index contributed by atoms with van der Waals surface area (Å²) < 4.78 is 10.4. The van der Waals surface area contributed by atoms with Crippen molar-refractivity contribution in [2.75, 3.05) is 13.2 Å². The summed E-state index contributed by atoms with van der Waals surface area (Å²) in [4.78, 5) is 21.3. The number of hydrogen-bond acceptors (Lipinski definition) is 7. The van der Waals surface area contributed by atoms with E-state index in [2.05, 4.69) is 16.8 Å². The minimum absolute atomic E-state index is 0.000572. The predicted octanol–water partition coefficient (Wildman–Crippen LogP) is 4.51. The predicted molar refractivity (Wildman–Crippen MR) is 95.0 cm³/mol. The lowest BCUT2D eigenvalue weighted by molar-refractivity contribution is -0.384. The number of ether oxygens (including phenoxy) is 2. The first-order valence-corrected chi connectivity index (χ1v) is 7.67. The van der Waals surface area contributed by atoms with Gasteiger partial charge in [0.1, 0.15) is 19.0 Å². The summed E-state index contributed by atoms with van der Waals surface area (Å²) in [6.07, 6.45) is 0. The summed E-state index contributed by atoms with van der Waals surface area (Å²) in [5.41, 5.74) is 1.45. The Bertz CT molecular complexity index is 814. The van der Waals surface area contributed by atoms with E-state index in [1.54, 1.807) is 31.2 Å². The zero-order chi connectivity index (χ0) is 18.9. The van der Waals surface area contributed by atoms with Crippen LogP contribution in [0.15, 0.2) is 70.9 Å². The fourth-order valence-electron chi connectivity index (χ4n) is 1.78. The Kier molecular flexibility index (Phi) is 6.55. The number of hydrogen-bond donors (Lipinski definition) is 0. The van der Waals surface area contributed by atoms with E-state index in [1.807, 2.05) is 0 Å². The summed E-state index contributed by atoms with van der Waals surface area (Å²) in [5, 5.41) is 18.7. The van der Waals surface area contributed by atoms with Crippen molar-refractivity contribution in [3.05, 3.63) is 70.8 Å². The Morgan fingerprint density at radius 3 is 2.08 bits per heavy atom. The van der Waals surface area contributed by atoms with Crippen LogP contribution in [0.3, 0.4) is 0 Å². The lowest BCUT2D eigenvalue weighted by Crippen LogP contribution is -2.12. The minimum atomic E-state index is -0.473. The fourth-order valence-corrected chi connectivity index (χ4v) is 1.78. The van der Waals surface area contributed by atoms with Gasteiger partial charge in [-0.2, -0.15) is 10.2 Å². The molecule has 0 fully saturated rings. The molecular weight excluding hydrogens is 338 g/mol. The molecule has 0 N–H and O–H groups in total. The summed E-state index contributed by atoms with van der Waals surface area (Å²) in [7, 11) is 0. The molecule has 0 aliphatic carbocycles. The number of carbonyl (C=O) groups excluding carboxylic acids is 1. The van der Waals surface area contributed by atoms with Gasteiger partial charge in [-0.25, -0.2) is 4.79 Å². The van der Waals surface area contributed by atoms with Crippen LogP contribution >= 0.6 is 0 Å². The molecule has 0 bridgehead atoms. The Morgan fingerprint density at radius 2 is 1.58 bits per heavy atom. The summed E-state index contributed by atoms with van der Waals surface area (Å²) in [5.74, 6) is 0.154. The monoisotopic (exact) mass is 355 g/mol. The van der Waals surface area contributed by atoms with E-state index < -0.39 is 10.9 Å². The van der Waals surface area contributed by atoms with Crippen molar-refractivity contribution in [3.63, 3.8) is 0 Å². The van der Waals surface area contributed by atoms with Crippen LogP contribution in [0.5, 0.6) is 5.75 Å². The zero-order valence-electron chi connectivity index (χ0n) is 14.1. The summed E-state index contributed by atoms with van der Waals surface area (Å²) >= 11 is 0. The first-order valence-electron chi connectivity index (χ1n) is 7.67. The number of benzene rings is 2. The van der Waals surface area contributed by atoms with Gasteiger partial charge in [0.2, 0.25) is 0 Å². The van der Waals surface area contributed by atoms with E-state index in [9.17, 15) is 14.9 Å². The molecule has 0 atom stereocenters. The van der Waals surface area contributed by atoms with Gasteiger partial charge in [-0.3, -0.25) is 10.1 Å². The van der Waals surface area contributed by atoms with Crippen LogP contribution in [0.4, 0.5) is 17.1 Å². The normalized spacial score (nSPS) is 10.5. The third-order valence-corrected chi connectivity index (χ3v) is 3.11. The first kappa shape index (κ1) is 18.8. The minimum Gasteiger partial charge on any atom is -0.490 e. The SMILES string of the molecule is C=C(C)C(=O)OCCOc1ccc(N=Nc2ccc([N+](=O)[O-])cc2)cc1. The van der Waals surface area contributed by atoms with Crippen molar-refractivity contribution in [2.24, 2.45) is 10.2 Å². The van der Waals surface area contributed by atoms with Crippen molar-refractivity contribution < 1.29 is 19.2 Å². The van der Waals surface area contributed by atoms with Crippen LogP contribution in [0.25, 0.3) is 0 Å². The first-order chi connectivity index (χ1) is 12.5. The number of rotatable bonds is 8. The summed E-state index contributed by atoms with van der Waals surface area (Å²) in [6.45, 7) is 5.42. The lowest BCUT2D eigenvalue weighted by Gasteiger charge is -2.07. The van der Waals surface area contributed by atoms with Gasteiger partial charge in [-0.15, -0.1) is 0 Å². The van der Waals surface area contributed by atoms with Gasteiger partial charge in [-0.05, 0) is 43.3 Å². The van der Waals surface area contributed by atoms with Crippen LogP contribution in [0, 0.1) is 10.1 Å². The second-order valence-corrected chi connectivity index (χ2v) is 5.23. The maximum atomic E-state index is 11.2. The molecular formula is C18H17N3O5. The molecule has 26 heavy (non-hydrogen) atoms. The smallest absolute Gasteiger partial charge is 0.333 e. The van der Waals surface area contributed by atoms with E-state index in [4.69, 9.17) is 9.47 Å². The molecule has 0 spiro atoms. The second-order valence-electron chi connectivity index (χ2n) is 5.23. The number of azo groups is 1. The van der Waals surface area contributed by atoms with Crippen LogP contribution in [0.1, 0.15) is 6.92 Å². The van der Waals surface area contributed by atoms with Gasteiger partial charge >= 0.3 is 5.97 Å². The molecule has 0 heterocycles. The standard InChI is InChI=1S/C18H17N3O5/c1-13(2)18(22)26-12-11-25-17-9-5-15(6-10-17)20-19-14-3-7-16(8-4-14)21(23)24/h3-10H,1,11-12H2,2H3. The fraction of sp³-hybridized carbons (Fsp3) is 0.167. The number of nitro benzene ring substituents is 1. The molecule has 0 unspecified atom stereocenters. The Hall–Kier alpha value is -3.55. The van der Waals surface area contributed by atoms with Crippen molar-refractivity contribution in [3.8, 4) is 5.75 Å². The van der Waals surface area contributed by atoms with E-state index >= 15 is 0 Å². The highest BCUT2D eigenvalue weighted by molar-refractivity contribution is 5.86. The Balaban J connectivity index is 1.84. The van der Waals surface area contributed by atoms with E-state index in [1.165, 1.54) is 24.3 Å². The number of nitro groups is 1. The molecule has 0 saturated heterocycles. The van der Waals surface area contributed by atoms with Gasteiger partial charge < -0.3 is 9.47 Å². The van der Waals surface area contributed by atoms with Gasteiger partial charge in [0.05, 0.1) is 16.3 Å². The number of non-ortho nitro benzene ring substituents is 1. The van der Waals surface area contributed by atoms with Crippen molar-refractivity contribution in [1.29, 1.82) is 0 Å². The topological polar surface area (TPSA) is 103 Å². The quantitative estimate of drug-likeness (QED) is 0.173. The Morgan fingerprint density at radius 1 is 1.04 bits per heavy atom. The molecule has 2 aromatic rings. The van der Waals surface area contributed by atoms with Crippen molar-refractivity contribution >= 4 is 23.0 Å². The van der Waals surface area contributed by atoms with Crippen LogP contribution in [-0.2, 0) is 9.53 Å². The van der Waals surface area contributed by atoms with Crippen molar-refractivity contribution in [1.82, 2.24) is 0 Å². The van der Waals surface area contributed by atoms with Gasteiger partial charge in [0.15, 0.2) is 0 Å². The Labute approximate surface area is 149 Å². The number of carbonyl (C=O) groups is 1. The van der Waals surface area contributed by atoms with Crippen LogP contribution < -0.4 is 4.74 Å².